The second-order valence-corrected chi connectivity index (χ2v) is 6.69. The topological polar surface area (TPSA) is 61.8 Å². The summed E-state index contributed by atoms with van der Waals surface area (Å²) in [4.78, 5) is 14.4. The molecule has 1 aliphatic rings. The van der Waals surface area contributed by atoms with Crippen LogP contribution >= 0.6 is 0 Å². The number of carbonyl (C=O) groups excluding carboxylic acids is 1. The second kappa shape index (κ2) is 8.29. The molecule has 1 saturated heterocycles. The summed E-state index contributed by atoms with van der Waals surface area (Å²) in [6.07, 6.45) is 0.995. The molecule has 2 rings (SSSR count). The SMILES string of the molecule is CN1CCOC(CCNC(=O)c2ccc(C#CC(C)(C)O)cc2)C1. The minimum Gasteiger partial charge on any atom is -0.378 e. The van der Waals surface area contributed by atoms with Gasteiger partial charge in [-0.05, 0) is 51.6 Å². The third-order valence-electron chi connectivity index (χ3n) is 3.75. The van der Waals surface area contributed by atoms with Crippen LogP contribution in [0.4, 0.5) is 0 Å². The molecule has 0 spiro atoms. The number of aliphatic hydroxyl groups is 1. The molecule has 1 aromatic carbocycles. The quantitative estimate of drug-likeness (QED) is 0.816. The van der Waals surface area contributed by atoms with Gasteiger partial charge >= 0.3 is 0 Å². The maximum Gasteiger partial charge on any atom is 0.251 e. The van der Waals surface area contributed by atoms with Crippen molar-refractivity contribution in [2.75, 3.05) is 33.3 Å². The van der Waals surface area contributed by atoms with E-state index in [2.05, 4.69) is 29.1 Å². The maximum absolute atomic E-state index is 12.1. The van der Waals surface area contributed by atoms with Crippen molar-refractivity contribution in [1.29, 1.82) is 0 Å². The van der Waals surface area contributed by atoms with Gasteiger partial charge in [0.2, 0.25) is 0 Å². The average Bonchev–Trinajstić information content (AvgIpc) is 2.53. The zero-order valence-electron chi connectivity index (χ0n) is 14.6. The summed E-state index contributed by atoms with van der Waals surface area (Å²) in [5.74, 6) is 5.54. The Morgan fingerprint density at radius 1 is 1.42 bits per heavy atom. The summed E-state index contributed by atoms with van der Waals surface area (Å²) in [5, 5.41) is 12.5. The number of nitrogens with zero attached hydrogens (tertiary/aromatic N) is 1. The Kier molecular flexibility index (Phi) is 6.38. The van der Waals surface area contributed by atoms with Crippen molar-refractivity contribution in [3.05, 3.63) is 35.4 Å². The lowest BCUT2D eigenvalue weighted by Gasteiger charge is -2.30. The molecule has 1 unspecified atom stereocenters. The Bertz CT molecular complexity index is 608. The van der Waals surface area contributed by atoms with Crippen LogP contribution in [0.15, 0.2) is 24.3 Å². The Morgan fingerprint density at radius 2 is 2.12 bits per heavy atom. The van der Waals surface area contributed by atoms with Gasteiger partial charge in [0.05, 0.1) is 12.7 Å². The average molecular weight is 330 g/mol. The van der Waals surface area contributed by atoms with E-state index in [1.54, 1.807) is 38.1 Å². The van der Waals surface area contributed by atoms with Crippen LogP contribution in [-0.2, 0) is 4.74 Å². The molecule has 2 N–H and O–H groups in total. The molecule has 130 valence electrons. The number of hydrogen-bond acceptors (Lipinski definition) is 4. The molecule has 0 aromatic heterocycles. The molecule has 1 atom stereocenters. The van der Waals surface area contributed by atoms with Gasteiger partial charge in [0.25, 0.3) is 5.91 Å². The van der Waals surface area contributed by atoms with Crippen molar-refractivity contribution < 1.29 is 14.6 Å². The van der Waals surface area contributed by atoms with Gasteiger partial charge < -0.3 is 20.1 Å². The van der Waals surface area contributed by atoms with Crippen LogP contribution in [0.2, 0.25) is 0 Å². The molecule has 24 heavy (non-hydrogen) atoms. The second-order valence-electron chi connectivity index (χ2n) is 6.69. The third-order valence-corrected chi connectivity index (χ3v) is 3.75. The summed E-state index contributed by atoms with van der Waals surface area (Å²) >= 11 is 0. The molecule has 0 radical (unpaired) electrons. The molecule has 5 nitrogen and oxygen atoms in total. The van der Waals surface area contributed by atoms with E-state index in [0.717, 1.165) is 31.7 Å². The highest BCUT2D eigenvalue weighted by atomic mass is 16.5. The van der Waals surface area contributed by atoms with E-state index in [0.29, 0.717) is 12.1 Å². The maximum atomic E-state index is 12.1. The molecule has 1 amide bonds. The van der Waals surface area contributed by atoms with E-state index in [1.807, 2.05) is 0 Å². The predicted molar refractivity (Wildman–Crippen MR) is 93.8 cm³/mol. The Hall–Kier alpha value is -1.87. The van der Waals surface area contributed by atoms with Crippen LogP contribution < -0.4 is 5.32 Å². The standard InChI is InChI=1S/C19H26N2O3/c1-19(2,23)10-8-15-4-6-16(7-5-15)18(22)20-11-9-17-14-21(3)12-13-24-17/h4-7,17,23H,9,11-14H2,1-3H3,(H,20,22). The van der Waals surface area contributed by atoms with E-state index < -0.39 is 5.60 Å². The van der Waals surface area contributed by atoms with Crippen molar-refractivity contribution in [3.63, 3.8) is 0 Å². The van der Waals surface area contributed by atoms with E-state index in [4.69, 9.17) is 4.74 Å². The highest BCUT2D eigenvalue weighted by molar-refractivity contribution is 5.94. The summed E-state index contributed by atoms with van der Waals surface area (Å²) in [6, 6.07) is 7.06. The molecule has 0 aliphatic carbocycles. The Morgan fingerprint density at radius 3 is 2.75 bits per heavy atom. The normalized spacial score (nSPS) is 18.6. The molecule has 0 saturated carbocycles. The highest BCUT2D eigenvalue weighted by Crippen LogP contribution is 2.07. The van der Waals surface area contributed by atoms with Crippen LogP contribution in [0.25, 0.3) is 0 Å². The Balaban J connectivity index is 1.81. The number of likely N-dealkylation sites (N-methyl/N-ethyl adjacent to an activating group) is 1. The smallest absolute Gasteiger partial charge is 0.251 e. The lowest BCUT2D eigenvalue weighted by Crippen LogP contribution is -2.41. The molecule has 1 aromatic rings. The number of nitrogens with one attached hydrogen (secondary N) is 1. The van der Waals surface area contributed by atoms with Gasteiger partial charge in [-0.1, -0.05) is 11.8 Å². The van der Waals surface area contributed by atoms with Gasteiger partial charge in [-0.3, -0.25) is 4.79 Å². The van der Waals surface area contributed by atoms with Crippen molar-refractivity contribution in [3.8, 4) is 11.8 Å². The number of rotatable bonds is 4. The van der Waals surface area contributed by atoms with Gasteiger partial charge in [0.1, 0.15) is 5.60 Å². The third kappa shape index (κ3) is 6.32. The minimum atomic E-state index is -1.02. The number of benzene rings is 1. The monoisotopic (exact) mass is 330 g/mol. The van der Waals surface area contributed by atoms with Crippen LogP contribution in [-0.4, -0.2) is 60.9 Å². The summed E-state index contributed by atoms with van der Waals surface area (Å²) in [7, 11) is 2.08. The van der Waals surface area contributed by atoms with Crippen molar-refractivity contribution >= 4 is 5.91 Å². The molecule has 1 fully saturated rings. The highest BCUT2D eigenvalue weighted by Gasteiger charge is 2.17. The van der Waals surface area contributed by atoms with Gasteiger partial charge in [-0.15, -0.1) is 0 Å². The lowest BCUT2D eigenvalue weighted by molar-refractivity contribution is -0.0226. The van der Waals surface area contributed by atoms with Crippen LogP contribution in [0.3, 0.4) is 0 Å². The lowest BCUT2D eigenvalue weighted by atomic mass is 10.1. The van der Waals surface area contributed by atoms with Crippen LogP contribution in [0.5, 0.6) is 0 Å². The van der Waals surface area contributed by atoms with Gasteiger partial charge in [0, 0.05) is 30.8 Å². The predicted octanol–water partition coefficient (Wildman–Crippen LogP) is 1.26. The molecular formula is C19H26N2O3. The molecule has 5 heteroatoms. The summed E-state index contributed by atoms with van der Waals surface area (Å²) < 4.78 is 5.68. The summed E-state index contributed by atoms with van der Waals surface area (Å²) in [6.45, 7) is 6.49. The first kappa shape index (κ1) is 18.5. The van der Waals surface area contributed by atoms with Crippen LogP contribution in [0.1, 0.15) is 36.2 Å². The largest absolute Gasteiger partial charge is 0.378 e. The zero-order valence-corrected chi connectivity index (χ0v) is 14.6. The first-order chi connectivity index (χ1) is 11.3. The number of hydrogen-bond donors (Lipinski definition) is 2. The Labute approximate surface area is 144 Å². The fraction of sp³-hybridized carbons (Fsp3) is 0.526. The van der Waals surface area contributed by atoms with Gasteiger partial charge in [-0.2, -0.15) is 0 Å². The zero-order chi connectivity index (χ0) is 17.6. The first-order valence-corrected chi connectivity index (χ1v) is 8.27. The number of amides is 1. The van der Waals surface area contributed by atoms with Crippen molar-refractivity contribution in [2.45, 2.75) is 32.0 Å². The van der Waals surface area contributed by atoms with E-state index in [-0.39, 0.29) is 12.0 Å². The van der Waals surface area contributed by atoms with Gasteiger partial charge in [0.15, 0.2) is 0 Å². The molecule has 1 aliphatic heterocycles. The summed E-state index contributed by atoms with van der Waals surface area (Å²) in [5.41, 5.74) is 0.350. The molecular weight excluding hydrogens is 304 g/mol. The fourth-order valence-corrected chi connectivity index (χ4v) is 2.42. The van der Waals surface area contributed by atoms with E-state index in [1.165, 1.54) is 0 Å². The number of carbonyl (C=O) groups is 1. The molecule has 1 heterocycles. The van der Waals surface area contributed by atoms with E-state index in [9.17, 15) is 9.90 Å². The van der Waals surface area contributed by atoms with Gasteiger partial charge in [-0.25, -0.2) is 0 Å². The minimum absolute atomic E-state index is 0.0961. The number of morpholine rings is 1. The van der Waals surface area contributed by atoms with Crippen molar-refractivity contribution in [2.24, 2.45) is 0 Å². The van der Waals surface area contributed by atoms with Crippen molar-refractivity contribution in [1.82, 2.24) is 10.2 Å². The fourth-order valence-electron chi connectivity index (χ4n) is 2.42. The van der Waals surface area contributed by atoms with E-state index >= 15 is 0 Å². The molecule has 0 bridgehead atoms. The van der Waals surface area contributed by atoms with Crippen LogP contribution in [0, 0.1) is 11.8 Å². The first-order valence-electron chi connectivity index (χ1n) is 8.27. The number of ether oxygens (including phenoxy) is 1.